The number of carbonyl (C=O) groups is 2. The molecule has 30 heavy (non-hydrogen) atoms. The Hall–Kier alpha value is -3.96. The molecule has 3 aromatic rings. The monoisotopic (exact) mass is 401 g/mol. The highest BCUT2D eigenvalue weighted by Gasteiger charge is 2.42. The summed E-state index contributed by atoms with van der Waals surface area (Å²) in [7, 11) is 1.64. The van der Waals surface area contributed by atoms with E-state index in [-0.39, 0.29) is 12.1 Å². The molecule has 0 bridgehead atoms. The molecule has 1 aliphatic heterocycles. The van der Waals surface area contributed by atoms with Gasteiger partial charge in [-0.25, -0.2) is 4.68 Å². The van der Waals surface area contributed by atoms with Crippen LogP contribution in [0.3, 0.4) is 0 Å². The number of likely N-dealkylation sites (N-methyl/N-ethyl adjacent to an activating group) is 1. The van der Waals surface area contributed by atoms with Crippen LogP contribution in [0.4, 0.5) is 0 Å². The molecule has 0 spiro atoms. The number of aliphatic hydroxyl groups is 1. The van der Waals surface area contributed by atoms with Crippen LogP contribution in [0.2, 0.25) is 0 Å². The molecular formula is C22H19N5O3. The van der Waals surface area contributed by atoms with Crippen LogP contribution in [0, 0.1) is 11.8 Å². The lowest BCUT2D eigenvalue weighted by atomic mass is 10.0. The number of hydrogen-bond acceptors (Lipinski definition) is 5. The van der Waals surface area contributed by atoms with Gasteiger partial charge in [0, 0.05) is 49.7 Å². The predicted molar refractivity (Wildman–Crippen MR) is 109 cm³/mol. The Morgan fingerprint density at radius 3 is 2.70 bits per heavy atom. The van der Waals surface area contributed by atoms with E-state index in [2.05, 4.69) is 21.9 Å². The van der Waals surface area contributed by atoms with Crippen molar-refractivity contribution in [1.29, 1.82) is 0 Å². The third kappa shape index (κ3) is 3.54. The first-order valence-corrected chi connectivity index (χ1v) is 9.29. The quantitative estimate of drug-likeness (QED) is 0.635. The van der Waals surface area contributed by atoms with Gasteiger partial charge in [-0.15, -0.1) is 0 Å². The molecule has 0 saturated carbocycles. The number of benzene rings is 1. The number of rotatable bonds is 3. The normalized spacial score (nSPS) is 18.2. The molecule has 3 heterocycles. The Bertz CT molecular complexity index is 1190. The summed E-state index contributed by atoms with van der Waals surface area (Å²) in [6.45, 7) is 0.463. The van der Waals surface area contributed by atoms with Crippen molar-refractivity contribution in [2.24, 2.45) is 5.73 Å². The minimum Gasteiger partial charge on any atom is -0.369 e. The molecule has 1 atom stereocenters. The van der Waals surface area contributed by atoms with Crippen LogP contribution >= 0.6 is 0 Å². The Morgan fingerprint density at radius 1 is 1.27 bits per heavy atom. The maximum atomic E-state index is 12.1. The second-order valence-electron chi connectivity index (χ2n) is 7.07. The average molecular weight is 401 g/mol. The van der Waals surface area contributed by atoms with Gasteiger partial charge in [0.1, 0.15) is 0 Å². The Morgan fingerprint density at radius 2 is 2.03 bits per heavy atom. The molecule has 1 aromatic carbocycles. The minimum atomic E-state index is -1.66. The summed E-state index contributed by atoms with van der Waals surface area (Å²) in [6.07, 6.45) is 5.23. The average Bonchev–Trinajstić information content (AvgIpc) is 3.32. The first kappa shape index (κ1) is 19.4. The van der Waals surface area contributed by atoms with Crippen molar-refractivity contribution in [2.75, 3.05) is 13.6 Å². The van der Waals surface area contributed by atoms with E-state index in [1.807, 2.05) is 6.07 Å². The van der Waals surface area contributed by atoms with Crippen LogP contribution in [0.5, 0.6) is 0 Å². The van der Waals surface area contributed by atoms with Gasteiger partial charge in [-0.05, 0) is 35.9 Å². The van der Waals surface area contributed by atoms with Crippen molar-refractivity contribution in [3.05, 3.63) is 66.2 Å². The second-order valence-corrected chi connectivity index (χ2v) is 7.07. The van der Waals surface area contributed by atoms with Crippen molar-refractivity contribution in [1.82, 2.24) is 19.7 Å². The Kier molecular flexibility index (Phi) is 4.82. The fraction of sp³-hybridized carbons (Fsp3) is 0.182. The van der Waals surface area contributed by atoms with Crippen LogP contribution in [-0.2, 0) is 4.79 Å². The molecule has 4 rings (SSSR count). The van der Waals surface area contributed by atoms with Gasteiger partial charge < -0.3 is 15.7 Å². The second kappa shape index (κ2) is 7.46. The molecule has 1 saturated heterocycles. The van der Waals surface area contributed by atoms with Crippen LogP contribution < -0.4 is 5.73 Å². The van der Waals surface area contributed by atoms with Gasteiger partial charge >= 0.3 is 0 Å². The molecule has 3 N–H and O–H groups in total. The zero-order chi connectivity index (χ0) is 21.3. The SMILES string of the molecule is CN1CC[C@@](O)(C#Cc2cccc(-n3cc(-c4ccncc4)c(C(N)=O)n3)c2)C1=O. The number of nitrogens with zero attached hydrogens (tertiary/aromatic N) is 4. The molecule has 8 heteroatoms. The molecule has 8 nitrogen and oxygen atoms in total. The number of likely N-dealkylation sites (tertiary alicyclic amines) is 1. The zero-order valence-electron chi connectivity index (χ0n) is 16.2. The van der Waals surface area contributed by atoms with Crippen LogP contribution in [0.25, 0.3) is 16.8 Å². The highest BCUT2D eigenvalue weighted by Crippen LogP contribution is 2.24. The molecule has 2 amide bonds. The van der Waals surface area contributed by atoms with E-state index in [1.54, 1.807) is 60.7 Å². The van der Waals surface area contributed by atoms with Crippen molar-refractivity contribution in [2.45, 2.75) is 12.0 Å². The number of carbonyl (C=O) groups excluding carboxylic acids is 2. The van der Waals surface area contributed by atoms with Gasteiger partial charge in [0.05, 0.1) is 5.69 Å². The van der Waals surface area contributed by atoms with Gasteiger partial charge in [0.15, 0.2) is 5.69 Å². The summed E-state index contributed by atoms with van der Waals surface area (Å²) in [6, 6.07) is 10.7. The van der Waals surface area contributed by atoms with E-state index in [4.69, 9.17) is 5.73 Å². The first-order valence-electron chi connectivity index (χ1n) is 9.29. The third-order valence-corrected chi connectivity index (χ3v) is 4.97. The molecule has 0 aliphatic carbocycles. The Labute approximate surface area is 173 Å². The van der Waals surface area contributed by atoms with Crippen LogP contribution in [0.1, 0.15) is 22.5 Å². The van der Waals surface area contributed by atoms with E-state index in [0.717, 1.165) is 5.56 Å². The zero-order valence-corrected chi connectivity index (χ0v) is 16.2. The standard InChI is InChI=1S/C22H19N5O3/c1-26-12-9-22(30,21(26)29)8-5-15-3-2-4-17(13-15)27-14-18(19(25-27)20(23)28)16-6-10-24-11-7-16/h2-4,6-7,10-11,13-14,30H,9,12H2,1H3,(H2,23,28)/t22-/m0/s1. The fourth-order valence-corrected chi connectivity index (χ4v) is 3.30. The van der Waals surface area contributed by atoms with Crippen molar-refractivity contribution >= 4 is 11.8 Å². The molecular weight excluding hydrogens is 382 g/mol. The highest BCUT2D eigenvalue weighted by atomic mass is 16.3. The lowest BCUT2D eigenvalue weighted by molar-refractivity contribution is -0.137. The van der Waals surface area contributed by atoms with Crippen LogP contribution in [-0.4, -0.2) is 55.8 Å². The fourth-order valence-electron chi connectivity index (χ4n) is 3.30. The molecule has 150 valence electrons. The van der Waals surface area contributed by atoms with E-state index in [0.29, 0.717) is 23.4 Å². The van der Waals surface area contributed by atoms with Gasteiger partial charge in [0.2, 0.25) is 5.60 Å². The van der Waals surface area contributed by atoms with Crippen LogP contribution in [0.15, 0.2) is 55.0 Å². The van der Waals surface area contributed by atoms with Crippen molar-refractivity contribution < 1.29 is 14.7 Å². The van der Waals surface area contributed by atoms with Gasteiger partial charge in [0.25, 0.3) is 11.8 Å². The van der Waals surface area contributed by atoms with Gasteiger partial charge in [-0.3, -0.25) is 14.6 Å². The van der Waals surface area contributed by atoms with E-state index < -0.39 is 17.4 Å². The lowest BCUT2D eigenvalue weighted by Crippen LogP contribution is -2.37. The summed E-state index contributed by atoms with van der Waals surface area (Å²) in [5.74, 6) is 4.54. The van der Waals surface area contributed by atoms with Gasteiger partial charge in [-0.2, -0.15) is 5.10 Å². The number of hydrogen-bond donors (Lipinski definition) is 2. The highest BCUT2D eigenvalue weighted by molar-refractivity contribution is 5.97. The number of pyridine rings is 1. The van der Waals surface area contributed by atoms with Gasteiger partial charge in [-0.1, -0.05) is 17.9 Å². The number of aromatic nitrogens is 3. The summed E-state index contributed by atoms with van der Waals surface area (Å²) < 4.78 is 1.55. The summed E-state index contributed by atoms with van der Waals surface area (Å²) in [4.78, 5) is 29.4. The number of nitrogens with two attached hydrogens (primary N) is 1. The van der Waals surface area contributed by atoms with Crippen molar-refractivity contribution in [3.63, 3.8) is 0 Å². The number of amides is 2. The van der Waals surface area contributed by atoms with E-state index >= 15 is 0 Å². The molecule has 0 radical (unpaired) electrons. The Balaban J connectivity index is 1.70. The molecule has 2 aromatic heterocycles. The smallest absolute Gasteiger partial charge is 0.269 e. The van der Waals surface area contributed by atoms with Crippen molar-refractivity contribution in [3.8, 4) is 28.7 Å². The first-order chi connectivity index (χ1) is 14.4. The summed E-state index contributed by atoms with van der Waals surface area (Å²) in [5.41, 5.74) is 6.62. The largest absolute Gasteiger partial charge is 0.369 e. The maximum Gasteiger partial charge on any atom is 0.269 e. The minimum absolute atomic E-state index is 0.145. The van der Waals surface area contributed by atoms with E-state index in [1.165, 1.54) is 4.90 Å². The molecule has 1 aliphatic rings. The summed E-state index contributed by atoms with van der Waals surface area (Å²) >= 11 is 0. The molecule has 0 unspecified atom stereocenters. The molecule has 1 fully saturated rings. The third-order valence-electron chi connectivity index (χ3n) is 4.97. The lowest BCUT2D eigenvalue weighted by Gasteiger charge is -2.13. The maximum absolute atomic E-state index is 12.1. The predicted octanol–water partition coefficient (Wildman–Crippen LogP) is 0.978. The number of primary amides is 1. The summed E-state index contributed by atoms with van der Waals surface area (Å²) in [5, 5.41) is 14.8. The van der Waals surface area contributed by atoms with E-state index in [9.17, 15) is 14.7 Å². The topological polar surface area (TPSA) is 114 Å².